The Bertz CT molecular complexity index is 645. The third kappa shape index (κ3) is 5.49. The molecule has 0 amide bonds. The van der Waals surface area contributed by atoms with E-state index in [1.54, 1.807) is 4.31 Å². The monoisotopic (exact) mass is 353 g/mol. The second kappa shape index (κ2) is 7.87. The molecule has 0 radical (unpaired) electrons. The van der Waals surface area contributed by atoms with E-state index in [2.05, 4.69) is 45.9 Å². The number of piperidine rings is 1. The Kier molecular flexibility index (Phi) is 6.32. The summed E-state index contributed by atoms with van der Waals surface area (Å²) in [5.74, 6) is 2.00. The summed E-state index contributed by atoms with van der Waals surface area (Å²) in [5, 5.41) is 0. The zero-order chi connectivity index (χ0) is 17.9. The second-order valence-electron chi connectivity index (χ2n) is 7.64. The van der Waals surface area contributed by atoms with E-state index in [4.69, 9.17) is 4.74 Å². The van der Waals surface area contributed by atoms with Gasteiger partial charge in [-0.3, -0.25) is 0 Å². The fourth-order valence-electron chi connectivity index (χ4n) is 3.15. The van der Waals surface area contributed by atoms with Crippen molar-refractivity contribution in [2.24, 2.45) is 5.92 Å². The number of benzene rings is 1. The van der Waals surface area contributed by atoms with Gasteiger partial charge in [-0.1, -0.05) is 33.8 Å². The molecule has 136 valence electrons. The van der Waals surface area contributed by atoms with Crippen molar-refractivity contribution in [3.63, 3.8) is 0 Å². The van der Waals surface area contributed by atoms with Crippen LogP contribution in [-0.2, 0) is 16.4 Å². The lowest BCUT2D eigenvalue weighted by molar-refractivity contribution is 0.135. The highest BCUT2D eigenvalue weighted by Crippen LogP contribution is 2.27. The molecule has 0 saturated carbocycles. The summed E-state index contributed by atoms with van der Waals surface area (Å²) in [6, 6.07) is 6.57. The van der Waals surface area contributed by atoms with Crippen LogP contribution in [0.2, 0.25) is 0 Å². The number of ether oxygens (including phenoxy) is 1. The number of nitrogens with zero attached hydrogens (tertiary/aromatic N) is 1. The minimum atomic E-state index is -3.08. The Morgan fingerprint density at radius 1 is 1.12 bits per heavy atom. The highest BCUT2D eigenvalue weighted by molar-refractivity contribution is 7.88. The molecule has 1 saturated heterocycles. The average molecular weight is 354 g/mol. The second-order valence-corrected chi connectivity index (χ2v) is 9.62. The van der Waals surface area contributed by atoms with E-state index < -0.39 is 10.0 Å². The van der Waals surface area contributed by atoms with Crippen molar-refractivity contribution in [1.82, 2.24) is 4.31 Å². The van der Waals surface area contributed by atoms with E-state index in [1.165, 1.54) is 17.4 Å². The zero-order valence-corrected chi connectivity index (χ0v) is 16.4. The summed E-state index contributed by atoms with van der Waals surface area (Å²) >= 11 is 0. The molecule has 24 heavy (non-hydrogen) atoms. The molecule has 0 unspecified atom stereocenters. The molecule has 1 heterocycles. The Morgan fingerprint density at radius 3 is 2.25 bits per heavy atom. The molecule has 1 fully saturated rings. The Morgan fingerprint density at radius 2 is 1.75 bits per heavy atom. The number of sulfonamides is 1. The average Bonchev–Trinajstić information content (AvgIpc) is 2.45. The van der Waals surface area contributed by atoms with Gasteiger partial charge < -0.3 is 4.74 Å². The Hall–Kier alpha value is -1.07. The normalized spacial score (nSPS) is 17.6. The van der Waals surface area contributed by atoms with Crippen molar-refractivity contribution in [3.8, 4) is 5.75 Å². The van der Waals surface area contributed by atoms with Gasteiger partial charge in [-0.05, 0) is 54.4 Å². The lowest BCUT2D eigenvalue weighted by Crippen LogP contribution is -2.41. The molecule has 0 atom stereocenters. The topological polar surface area (TPSA) is 46.6 Å². The van der Waals surface area contributed by atoms with E-state index in [-0.39, 0.29) is 6.10 Å². The van der Waals surface area contributed by atoms with Gasteiger partial charge in [-0.25, -0.2) is 12.7 Å². The van der Waals surface area contributed by atoms with Crippen LogP contribution >= 0.6 is 0 Å². The van der Waals surface area contributed by atoms with Gasteiger partial charge in [-0.2, -0.15) is 0 Å². The van der Waals surface area contributed by atoms with E-state index >= 15 is 0 Å². The van der Waals surface area contributed by atoms with Crippen molar-refractivity contribution in [3.05, 3.63) is 29.3 Å². The summed E-state index contributed by atoms with van der Waals surface area (Å²) in [5.41, 5.74) is 2.62. The van der Waals surface area contributed by atoms with Gasteiger partial charge in [0.15, 0.2) is 0 Å². The maximum absolute atomic E-state index is 11.6. The number of hydrogen-bond donors (Lipinski definition) is 0. The molecule has 1 aromatic carbocycles. The maximum Gasteiger partial charge on any atom is 0.211 e. The van der Waals surface area contributed by atoms with Gasteiger partial charge in [0.05, 0.1) is 6.26 Å². The lowest BCUT2D eigenvalue weighted by atomic mass is 9.96. The van der Waals surface area contributed by atoms with E-state index in [1.807, 2.05) is 0 Å². The minimum absolute atomic E-state index is 0.0947. The lowest BCUT2D eigenvalue weighted by Gasteiger charge is -2.30. The standard InChI is InChI=1S/C19H31NO3S/c1-14(2)10-16-11-17(15(3)4)13-19(12-16)23-18-6-8-20(9-7-18)24(5,21)22/h11-15,18H,6-10H2,1-5H3. The van der Waals surface area contributed by atoms with Crippen LogP contribution in [0.5, 0.6) is 5.75 Å². The van der Waals surface area contributed by atoms with Gasteiger partial charge in [0.1, 0.15) is 11.9 Å². The van der Waals surface area contributed by atoms with Crippen molar-refractivity contribution in [2.75, 3.05) is 19.3 Å². The first-order chi connectivity index (χ1) is 11.1. The van der Waals surface area contributed by atoms with Crippen LogP contribution < -0.4 is 4.74 Å². The summed E-state index contributed by atoms with van der Waals surface area (Å²) in [7, 11) is -3.08. The predicted molar refractivity (Wildman–Crippen MR) is 99.1 cm³/mol. The highest BCUT2D eigenvalue weighted by Gasteiger charge is 2.26. The third-order valence-electron chi connectivity index (χ3n) is 4.47. The summed E-state index contributed by atoms with van der Waals surface area (Å²) < 4.78 is 31.0. The van der Waals surface area contributed by atoms with Gasteiger partial charge in [0, 0.05) is 13.1 Å². The van der Waals surface area contributed by atoms with Gasteiger partial charge in [0.25, 0.3) is 0 Å². The first-order valence-electron chi connectivity index (χ1n) is 8.90. The molecule has 1 aliphatic heterocycles. The molecule has 0 aromatic heterocycles. The fraction of sp³-hybridized carbons (Fsp3) is 0.684. The van der Waals surface area contributed by atoms with Crippen LogP contribution in [0.15, 0.2) is 18.2 Å². The van der Waals surface area contributed by atoms with Crippen LogP contribution in [0.1, 0.15) is 57.6 Å². The summed E-state index contributed by atoms with van der Waals surface area (Å²) in [6.07, 6.45) is 3.91. The zero-order valence-electron chi connectivity index (χ0n) is 15.6. The third-order valence-corrected chi connectivity index (χ3v) is 5.78. The molecule has 0 N–H and O–H groups in total. The maximum atomic E-state index is 11.6. The molecule has 0 spiro atoms. The molecule has 1 aliphatic rings. The van der Waals surface area contributed by atoms with Crippen molar-refractivity contribution < 1.29 is 13.2 Å². The van der Waals surface area contributed by atoms with Crippen LogP contribution in [0, 0.1) is 5.92 Å². The van der Waals surface area contributed by atoms with E-state index in [0.717, 1.165) is 25.0 Å². The van der Waals surface area contributed by atoms with Crippen molar-refractivity contribution in [2.45, 2.75) is 59.0 Å². The van der Waals surface area contributed by atoms with Gasteiger partial charge in [-0.15, -0.1) is 0 Å². The fourth-order valence-corrected chi connectivity index (χ4v) is 4.02. The Labute approximate surface area is 147 Å². The summed E-state index contributed by atoms with van der Waals surface area (Å²) in [6.45, 7) is 9.94. The van der Waals surface area contributed by atoms with Crippen LogP contribution in [0.3, 0.4) is 0 Å². The molecular weight excluding hydrogens is 322 g/mol. The highest BCUT2D eigenvalue weighted by atomic mass is 32.2. The van der Waals surface area contributed by atoms with Crippen molar-refractivity contribution in [1.29, 1.82) is 0 Å². The van der Waals surface area contributed by atoms with Gasteiger partial charge >= 0.3 is 0 Å². The molecule has 1 aromatic rings. The van der Waals surface area contributed by atoms with Gasteiger partial charge in [0.2, 0.25) is 10.0 Å². The molecule has 4 nitrogen and oxygen atoms in total. The van der Waals surface area contributed by atoms with Crippen LogP contribution in [0.4, 0.5) is 0 Å². The molecule has 5 heteroatoms. The smallest absolute Gasteiger partial charge is 0.211 e. The minimum Gasteiger partial charge on any atom is -0.490 e. The van der Waals surface area contributed by atoms with Crippen molar-refractivity contribution >= 4 is 10.0 Å². The molecular formula is C19H31NO3S. The van der Waals surface area contributed by atoms with Crippen LogP contribution in [-0.4, -0.2) is 38.2 Å². The quantitative estimate of drug-likeness (QED) is 0.781. The first kappa shape index (κ1) is 19.3. The molecule has 0 bridgehead atoms. The number of hydrogen-bond acceptors (Lipinski definition) is 3. The predicted octanol–water partition coefficient (Wildman–Crippen LogP) is 3.81. The summed E-state index contributed by atoms with van der Waals surface area (Å²) in [4.78, 5) is 0. The van der Waals surface area contributed by atoms with E-state index in [0.29, 0.717) is 24.9 Å². The van der Waals surface area contributed by atoms with E-state index in [9.17, 15) is 8.42 Å². The first-order valence-corrected chi connectivity index (χ1v) is 10.8. The SMILES string of the molecule is CC(C)Cc1cc(OC2CCN(S(C)(=O)=O)CC2)cc(C(C)C)c1. The van der Waals surface area contributed by atoms with Crippen LogP contribution in [0.25, 0.3) is 0 Å². The molecule has 2 rings (SSSR count). The largest absolute Gasteiger partial charge is 0.490 e. The number of rotatable bonds is 6. The Balaban J connectivity index is 2.08. The molecule has 0 aliphatic carbocycles.